The van der Waals surface area contributed by atoms with E-state index in [-0.39, 0.29) is 24.4 Å². The van der Waals surface area contributed by atoms with Crippen LogP contribution in [0.25, 0.3) is 0 Å². The van der Waals surface area contributed by atoms with Gasteiger partial charge in [0, 0.05) is 6.04 Å². The molecule has 0 aromatic heterocycles. The largest absolute Gasteiger partial charge is 0.312 e. The predicted molar refractivity (Wildman–Crippen MR) is 50.6 cm³/mol. The highest BCUT2D eigenvalue weighted by atomic mass is 16.2. The molecular weight excluding hydrogens is 182 g/mol. The fourth-order valence-corrected chi connectivity index (χ4v) is 2.23. The van der Waals surface area contributed by atoms with Gasteiger partial charge in [0.1, 0.15) is 5.54 Å². The lowest BCUT2D eigenvalue weighted by atomic mass is 9.81. The third-order valence-electron chi connectivity index (χ3n) is 3.16. The van der Waals surface area contributed by atoms with Crippen LogP contribution >= 0.6 is 0 Å². The van der Waals surface area contributed by atoms with E-state index in [9.17, 15) is 9.59 Å². The van der Waals surface area contributed by atoms with Crippen molar-refractivity contribution >= 4 is 11.8 Å². The molecule has 2 aliphatic heterocycles. The monoisotopic (exact) mass is 197 g/mol. The van der Waals surface area contributed by atoms with E-state index in [1.165, 1.54) is 0 Å². The van der Waals surface area contributed by atoms with E-state index in [0.717, 1.165) is 19.4 Å². The second-order valence-electron chi connectivity index (χ2n) is 3.98. The third-order valence-corrected chi connectivity index (χ3v) is 3.16. The Hall–Kier alpha value is -0.940. The quantitative estimate of drug-likeness (QED) is 0.424. The molecule has 0 aliphatic carbocycles. The maximum Gasteiger partial charge on any atom is 0.248 e. The summed E-state index contributed by atoms with van der Waals surface area (Å²) < 4.78 is 0. The molecule has 5 heteroatoms. The van der Waals surface area contributed by atoms with Crippen molar-refractivity contribution in [2.75, 3.05) is 13.1 Å². The molecule has 2 amide bonds. The van der Waals surface area contributed by atoms with Gasteiger partial charge in [0.25, 0.3) is 0 Å². The SMILES string of the molecule is CC1NCCCC12NCC(=O)NC2=O. The molecule has 2 atom stereocenters. The highest BCUT2D eigenvalue weighted by molar-refractivity contribution is 6.03. The standard InChI is InChI=1S/C9H15N3O2/c1-6-9(3-2-4-10-6)8(14)12-7(13)5-11-9/h6,10-11H,2-5H2,1H3,(H,12,13,14). The van der Waals surface area contributed by atoms with E-state index < -0.39 is 5.54 Å². The molecule has 78 valence electrons. The Labute approximate surface area is 82.6 Å². The first-order valence-corrected chi connectivity index (χ1v) is 4.98. The van der Waals surface area contributed by atoms with E-state index in [0.29, 0.717) is 0 Å². The molecular formula is C9H15N3O2. The summed E-state index contributed by atoms with van der Waals surface area (Å²) in [6.45, 7) is 3.14. The van der Waals surface area contributed by atoms with Gasteiger partial charge in [-0.2, -0.15) is 0 Å². The molecule has 5 nitrogen and oxygen atoms in total. The van der Waals surface area contributed by atoms with Gasteiger partial charge < -0.3 is 5.32 Å². The zero-order valence-corrected chi connectivity index (χ0v) is 8.22. The van der Waals surface area contributed by atoms with Gasteiger partial charge in [0.15, 0.2) is 0 Å². The second kappa shape index (κ2) is 3.33. The van der Waals surface area contributed by atoms with Gasteiger partial charge >= 0.3 is 0 Å². The maximum absolute atomic E-state index is 11.8. The molecule has 14 heavy (non-hydrogen) atoms. The van der Waals surface area contributed by atoms with Crippen LogP contribution in [0.1, 0.15) is 19.8 Å². The van der Waals surface area contributed by atoms with Crippen LogP contribution in [-0.2, 0) is 9.59 Å². The average Bonchev–Trinajstić information content (AvgIpc) is 2.15. The summed E-state index contributed by atoms with van der Waals surface area (Å²) >= 11 is 0. The number of hydrogen-bond acceptors (Lipinski definition) is 4. The number of amides is 2. The van der Waals surface area contributed by atoms with Gasteiger partial charge in [-0.3, -0.25) is 20.2 Å². The van der Waals surface area contributed by atoms with Gasteiger partial charge in [0.2, 0.25) is 11.8 Å². The fourth-order valence-electron chi connectivity index (χ4n) is 2.23. The lowest BCUT2D eigenvalue weighted by Crippen LogP contribution is -2.73. The third kappa shape index (κ3) is 1.33. The van der Waals surface area contributed by atoms with Crippen LogP contribution < -0.4 is 16.0 Å². The van der Waals surface area contributed by atoms with Crippen molar-refractivity contribution in [1.82, 2.24) is 16.0 Å². The number of hydrogen-bond donors (Lipinski definition) is 3. The van der Waals surface area contributed by atoms with Gasteiger partial charge in [-0.1, -0.05) is 0 Å². The molecule has 2 unspecified atom stereocenters. The summed E-state index contributed by atoms with van der Waals surface area (Å²) in [4.78, 5) is 22.7. The Kier molecular flexibility index (Phi) is 2.28. The normalized spacial score (nSPS) is 38.5. The first-order chi connectivity index (χ1) is 6.65. The maximum atomic E-state index is 11.8. The van der Waals surface area contributed by atoms with Crippen LogP contribution in [0.15, 0.2) is 0 Å². The first kappa shape index (κ1) is 9.61. The van der Waals surface area contributed by atoms with Crippen molar-refractivity contribution in [2.24, 2.45) is 0 Å². The van der Waals surface area contributed by atoms with Gasteiger partial charge in [0.05, 0.1) is 6.54 Å². The zero-order valence-electron chi connectivity index (χ0n) is 8.22. The lowest BCUT2D eigenvalue weighted by Gasteiger charge is -2.44. The van der Waals surface area contributed by atoms with Crippen molar-refractivity contribution in [3.05, 3.63) is 0 Å². The molecule has 1 spiro atoms. The number of rotatable bonds is 0. The summed E-state index contributed by atoms with van der Waals surface area (Å²) in [5, 5.41) is 8.70. The van der Waals surface area contributed by atoms with Crippen molar-refractivity contribution in [2.45, 2.75) is 31.3 Å². The van der Waals surface area contributed by atoms with Crippen molar-refractivity contribution < 1.29 is 9.59 Å². The average molecular weight is 197 g/mol. The van der Waals surface area contributed by atoms with Crippen LogP contribution in [0.2, 0.25) is 0 Å². The van der Waals surface area contributed by atoms with Crippen molar-refractivity contribution in [3.63, 3.8) is 0 Å². The summed E-state index contributed by atoms with van der Waals surface area (Å²) in [5.41, 5.74) is -0.577. The van der Waals surface area contributed by atoms with E-state index >= 15 is 0 Å². The molecule has 2 rings (SSSR count). The second-order valence-corrected chi connectivity index (χ2v) is 3.98. The van der Waals surface area contributed by atoms with E-state index in [4.69, 9.17) is 0 Å². The molecule has 2 fully saturated rings. The molecule has 3 N–H and O–H groups in total. The number of nitrogens with one attached hydrogen (secondary N) is 3. The van der Waals surface area contributed by atoms with Crippen LogP contribution in [0.4, 0.5) is 0 Å². The Bertz CT molecular complexity index is 279. The Balaban J connectivity index is 2.20. The van der Waals surface area contributed by atoms with Crippen LogP contribution in [0, 0.1) is 0 Å². The first-order valence-electron chi connectivity index (χ1n) is 4.98. The number of carbonyl (C=O) groups is 2. The van der Waals surface area contributed by atoms with Crippen LogP contribution in [-0.4, -0.2) is 36.5 Å². The van der Waals surface area contributed by atoms with Crippen molar-refractivity contribution in [1.29, 1.82) is 0 Å². The fraction of sp³-hybridized carbons (Fsp3) is 0.778. The van der Waals surface area contributed by atoms with Gasteiger partial charge in [-0.25, -0.2) is 0 Å². The predicted octanol–water partition coefficient (Wildman–Crippen LogP) is -1.26. The summed E-state index contributed by atoms with van der Waals surface area (Å²) in [6, 6.07) is 0.0735. The highest BCUT2D eigenvalue weighted by Gasteiger charge is 2.47. The molecule has 2 saturated heterocycles. The number of piperidine rings is 1. The Morgan fingerprint density at radius 3 is 2.86 bits per heavy atom. The van der Waals surface area contributed by atoms with Crippen LogP contribution in [0.5, 0.6) is 0 Å². The highest BCUT2D eigenvalue weighted by Crippen LogP contribution is 2.23. The van der Waals surface area contributed by atoms with Crippen LogP contribution in [0.3, 0.4) is 0 Å². The van der Waals surface area contributed by atoms with E-state index in [2.05, 4.69) is 16.0 Å². The topological polar surface area (TPSA) is 70.2 Å². The van der Waals surface area contributed by atoms with Crippen molar-refractivity contribution in [3.8, 4) is 0 Å². The number of imide groups is 1. The summed E-state index contributed by atoms with van der Waals surface area (Å²) in [7, 11) is 0. The minimum atomic E-state index is -0.577. The molecule has 2 aliphatic rings. The molecule has 0 aromatic rings. The van der Waals surface area contributed by atoms with E-state index in [1.807, 2.05) is 6.92 Å². The number of piperazine rings is 1. The summed E-state index contributed by atoms with van der Waals surface area (Å²) in [6.07, 6.45) is 1.75. The Morgan fingerprint density at radius 2 is 2.21 bits per heavy atom. The zero-order chi connectivity index (χ0) is 10.2. The molecule has 0 bridgehead atoms. The molecule has 0 saturated carbocycles. The van der Waals surface area contributed by atoms with Gasteiger partial charge in [-0.05, 0) is 26.3 Å². The minimum Gasteiger partial charge on any atom is -0.312 e. The molecule has 0 radical (unpaired) electrons. The molecule has 2 heterocycles. The number of carbonyl (C=O) groups excluding carboxylic acids is 2. The van der Waals surface area contributed by atoms with Gasteiger partial charge in [-0.15, -0.1) is 0 Å². The smallest absolute Gasteiger partial charge is 0.248 e. The summed E-state index contributed by atoms with van der Waals surface area (Å²) in [5.74, 6) is -0.424. The molecule has 0 aromatic carbocycles. The minimum absolute atomic E-state index is 0.0735. The van der Waals surface area contributed by atoms with E-state index in [1.54, 1.807) is 0 Å². The lowest BCUT2D eigenvalue weighted by molar-refractivity contribution is -0.140. The Morgan fingerprint density at radius 1 is 1.43 bits per heavy atom.